The zero-order valence-electron chi connectivity index (χ0n) is 13.7. The number of anilines is 1. The first kappa shape index (κ1) is 17.1. The summed E-state index contributed by atoms with van der Waals surface area (Å²) in [5.41, 5.74) is 2.20. The van der Waals surface area contributed by atoms with Crippen molar-refractivity contribution in [2.45, 2.75) is 11.8 Å². The summed E-state index contributed by atoms with van der Waals surface area (Å²) < 4.78 is 16.2. The topological polar surface area (TPSA) is 46.9 Å². The van der Waals surface area contributed by atoms with Crippen LogP contribution < -0.4 is 5.32 Å². The number of carbonyl (C=O) groups excluding carboxylic acids is 1. The third-order valence-corrected chi connectivity index (χ3v) is 5.81. The predicted molar refractivity (Wildman–Crippen MR) is 102 cm³/mol. The molecule has 1 N–H and O–H groups in total. The number of carbonyl (C=O) groups is 1. The molecule has 1 atom stereocenters. The normalized spacial score (nSPS) is 16.7. The molecule has 1 aliphatic heterocycles. The molecule has 0 saturated heterocycles. The number of aromatic nitrogens is 2. The summed E-state index contributed by atoms with van der Waals surface area (Å²) in [6, 6.07) is 14.5. The number of hydrogen-bond acceptors (Lipinski definition) is 3. The van der Waals surface area contributed by atoms with Crippen molar-refractivity contribution in [2.24, 2.45) is 0 Å². The van der Waals surface area contributed by atoms with Crippen molar-refractivity contribution >= 4 is 35.1 Å². The lowest BCUT2D eigenvalue weighted by Gasteiger charge is -2.16. The summed E-state index contributed by atoms with van der Waals surface area (Å²) >= 11 is 7.62. The zero-order valence-corrected chi connectivity index (χ0v) is 15.2. The van der Waals surface area contributed by atoms with Gasteiger partial charge in [0.2, 0.25) is 5.91 Å². The molecule has 2 aromatic carbocycles. The van der Waals surface area contributed by atoms with E-state index in [1.54, 1.807) is 23.0 Å². The molecule has 26 heavy (non-hydrogen) atoms. The molecule has 1 amide bonds. The first-order valence-electron chi connectivity index (χ1n) is 8.08. The molecule has 4 rings (SSSR count). The molecule has 0 bridgehead atoms. The van der Waals surface area contributed by atoms with Crippen LogP contribution in [0.2, 0.25) is 5.02 Å². The van der Waals surface area contributed by atoms with Gasteiger partial charge in [0.15, 0.2) is 0 Å². The summed E-state index contributed by atoms with van der Waals surface area (Å²) in [5, 5.41) is 7.28. The van der Waals surface area contributed by atoms with E-state index in [0.717, 1.165) is 11.1 Å². The summed E-state index contributed by atoms with van der Waals surface area (Å²) in [5.74, 6) is 0.287. The number of hydrogen-bond donors (Lipinski definition) is 1. The Morgan fingerprint density at radius 3 is 2.81 bits per heavy atom. The van der Waals surface area contributed by atoms with Gasteiger partial charge < -0.3 is 5.32 Å². The summed E-state index contributed by atoms with van der Waals surface area (Å²) in [6.07, 6.45) is 1.68. The number of rotatable bonds is 3. The van der Waals surface area contributed by atoms with Crippen LogP contribution >= 0.6 is 23.4 Å². The average molecular weight is 388 g/mol. The highest BCUT2D eigenvalue weighted by Gasteiger charge is 2.30. The van der Waals surface area contributed by atoms with Gasteiger partial charge in [-0.2, -0.15) is 5.10 Å². The molecule has 0 fully saturated rings. The van der Waals surface area contributed by atoms with Crippen LogP contribution in [0.3, 0.4) is 0 Å². The molecule has 132 valence electrons. The fourth-order valence-electron chi connectivity index (χ4n) is 3.02. The van der Waals surface area contributed by atoms with Crippen LogP contribution in [0.1, 0.15) is 21.9 Å². The van der Waals surface area contributed by atoms with Crippen LogP contribution in [-0.4, -0.2) is 21.4 Å². The van der Waals surface area contributed by atoms with Crippen molar-refractivity contribution in [1.82, 2.24) is 9.78 Å². The fourth-order valence-corrected chi connectivity index (χ4v) is 4.51. The average Bonchev–Trinajstić information content (AvgIpc) is 2.92. The van der Waals surface area contributed by atoms with Crippen molar-refractivity contribution in [3.05, 3.63) is 82.3 Å². The van der Waals surface area contributed by atoms with Crippen molar-refractivity contribution in [3.8, 4) is 0 Å². The highest BCUT2D eigenvalue weighted by Crippen LogP contribution is 2.44. The van der Waals surface area contributed by atoms with Gasteiger partial charge >= 0.3 is 0 Å². The SMILES string of the molecule is O=C1CS[C@H](c2c(F)cccc2Cl)c2cnn(Cc3ccccc3)c2N1. The number of nitrogens with one attached hydrogen (secondary N) is 1. The van der Waals surface area contributed by atoms with Crippen LogP contribution in [0.15, 0.2) is 54.7 Å². The minimum absolute atomic E-state index is 0.138. The largest absolute Gasteiger partial charge is 0.310 e. The monoisotopic (exact) mass is 387 g/mol. The number of thioether (sulfide) groups is 1. The second-order valence-electron chi connectivity index (χ2n) is 5.97. The molecule has 0 saturated carbocycles. The fraction of sp³-hybridized carbons (Fsp3) is 0.158. The zero-order chi connectivity index (χ0) is 18.1. The van der Waals surface area contributed by atoms with Gasteiger partial charge in [0.25, 0.3) is 0 Å². The smallest absolute Gasteiger partial charge is 0.235 e. The Morgan fingerprint density at radius 1 is 1.23 bits per heavy atom. The quantitative estimate of drug-likeness (QED) is 0.719. The lowest BCUT2D eigenvalue weighted by molar-refractivity contribution is -0.113. The van der Waals surface area contributed by atoms with E-state index in [4.69, 9.17) is 11.6 Å². The highest BCUT2D eigenvalue weighted by atomic mass is 35.5. The van der Waals surface area contributed by atoms with Gasteiger partial charge in [-0.3, -0.25) is 4.79 Å². The third kappa shape index (κ3) is 3.22. The molecule has 7 heteroatoms. The molecule has 0 unspecified atom stereocenters. The maximum absolute atomic E-state index is 14.5. The van der Waals surface area contributed by atoms with Gasteiger partial charge in [0.1, 0.15) is 11.6 Å². The van der Waals surface area contributed by atoms with Gasteiger partial charge in [-0.1, -0.05) is 48.0 Å². The minimum atomic E-state index is -0.401. The van der Waals surface area contributed by atoms with Crippen LogP contribution in [0.5, 0.6) is 0 Å². The summed E-state index contributed by atoms with van der Waals surface area (Å²) in [7, 11) is 0. The van der Waals surface area contributed by atoms with Gasteiger partial charge in [0.05, 0.1) is 23.7 Å². The maximum atomic E-state index is 14.5. The maximum Gasteiger partial charge on any atom is 0.235 e. The van der Waals surface area contributed by atoms with E-state index in [2.05, 4.69) is 10.4 Å². The molecular weight excluding hydrogens is 373 g/mol. The Kier molecular flexibility index (Phi) is 4.70. The van der Waals surface area contributed by atoms with Crippen LogP contribution in [0.4, 0.5) is 10.2 Å². The molecule has 1 aliphatic rings. The van der Waals surface area contributed by atoms with E-state index in [-0.39, 0.29) is 17.5 Å². The lowest BCUT2D eigenvalue weighted by Crippen LogP contribution is -2.16. The standard InChI is InChI=1S/C19H15ClFN3OS/c20-14-7-4-8-15(21)17(14)18-13-9-22-24(10-12-5-2-1-3-6-12)19(13)23-16(25)11-26-18/h1-9,18H,10-11H2,(H,23,25)/t18-/m0/s1. The van der Waals surface area contributed by atoms with Gasteiger partial charge in [-0.25, -0.2) is 9.07 Å². The minimum Gasteiger partial charge on any atom is -0.310 e. The first-order valence-corrected chi connectivity index (χ1v) is 9.51. The third-order valence-electron chi connectivity index (χ3n) is 4.23. The van der Waals surface area contributed by atoms with Crippen molar-refractivity contribution in [3.63, 3.8) is 0 Å². The summed E-state index contributed by atoms with van der Waals surface area (Å²) in [6.45, 7) is 0.513. The van der Waals surface area contributed by atoms with Crippen molar-refractivity contribution in [1.29, 1.82) is 0 Å². The number of benzene rings is 2. The Labute approximate surface area is 159 Å². The van der Waals surface area contributed by atoms with Crippen LogP contribution in [-0.2, 0) is 11.3 Å². The Morgan fingerprint density at radius 2 is 2.04 bits per heavy atom. The molecule has 0 radical (unpaired) electrons. The van der Waals surface area contributed by atoms with E-state index < -0.39 is 5.25 Å². The molecule has 4 nitrogen and oxygen atoms in total. The van der Waals surface area contributed by atoms with Gasteiger partial charge in [0, 0.05) is 16.1 Å². The summed E-state index contributed by atoms with van der Waals surface area (Å²) in [4.78, 5) is 12.2. The van der Waals surface area contributed by atoms with Gasteiger partial charge in [-0.05, 0) is 17.7 Å². The number of nitrogens with zero attached hydrogens (tertiary/aromatic N) is 2. The van der Waals surface area contributed by atoms with E-state index in [1.807, 2.05) is 30.3 Å². The number of fused-ring (bicyclic) bond motifs is 1. The Hall–Kier alpha value is -2.31. The predicted octanol–water partition coefficient (Wildman–Crippen LogP) is 4.50. The van der Waals surface area contributed by atoms with Gasteiger partial charge in [-0.15, -0.1) is 11.8 Å². The first-order chi connectivity index (χ1) is 12.6. The molecule has 3 aromatic rings. The second-order valence-corrected chi connectivity index (χ2v) is 7.47. The molecule has 2 heterocycles. The number of halogens is 2. The molecule has 1 aromatic heterocycles. The van der Waals surface area contributed by atoms with E-state index in [9.17, 15) is 9.18 Å². The van der Waals surface area contributed by atoms with E-state index >= 15 is 0 Å². The van der Waals surface area contributed by atoms with Crippen LogP contribution in [0.25, 0.3) is 0 Å². The molecule has 0 spiro atoms. The van der Waals surface area contributed by atoms with Crippen molar-refractivity contribution in [2.75, 3.05) is 11.1 Å². The Balaban J connectivity index is 1.78. The van der Waals surface area contributed by atoms with Crippen molar-refractivity contribution < 1.29 is 9.18 Å². The second kappa shape index (κ2) is 7.13. The molecule has 0 aliphatic carbocycles. The van der Waals surface area contributed by atoms with Crippen LogP contribution in [0, 0.1) is 5.82 Å². The van der Waals surface area contributed by atoms with E-state index in [1.165, 1.54) is 17.8 Å². The number of amides is 1. The van der Waals surface area contributed by atoms with E-state index in [0.29, 0.717) is 22.9 Å². The highest BCUT2D eigenvalue weighted by molar-refractivity contribution is 8.00. The lowest BCUT2D eigenvalue weighted by atomic mass is 10.1. The Bertz CT molecular complexity index is 940. The molecular formula is C19H15ClFN3OS.